The summed E-state index contributed by atoms with van der Waals surface area (Å²) in [6.07, 6.45) is 1.69. The SMILES string of the molecule is C[C@H](NCC(=O)O)c1ccccn1.Cl. The molecule has 0 aliphatic carbocycles. The molecule has 0 amide bonds. The fourth-order valence-corrected chi connectivity index (χ4v) is 0.977. The standard InChI is InChI=1S/C9H12N2O2.ClH/c1-7(11-6-9(12)13)8-4-2-3-5-10-8;/h2-5,7,11H,6H2,1H3,(H,12,13);1H/t7-;/m0./s1. The highest BCUT2D eigenvalue weighted by Crippen LogP contribution is 2.06. The Balaban J connectivity index is 0.00000169. The maximum Gasteiger partial charge on any atom is 0.317 e. The van der Waals surface area contributed by atoms with Gasteiger partial charge in [0.1, 0.15) is 0 Å². The minimum Gasteiger partial charge on any atom is -0.480 e. The van der Waals surface area contributed by atoms with Crippen molar-refractivity contribution in [2.45, 2.75) is 13.0 Å². The highest BCUT2D eigenvalue weighted by molar-refractivity contribution is 5.85. The number of carboxylic acid groups (broad SMARTS) is 1. The molecule has 0 unspecified atom stereocenters. The monoisotopic (exact) mass is 216 g/mol. The average molecular weight is 217 g/mol. The number of halogens is 1. The van der Waals surface area contributed by atoms with Gasteiger partial charge in [-0.2, -0.15) is 0 Å². The van der Waals surface area contributed by atoms with Crippen LogP contribution in [0.25, 0.3) is 0 Å². The summed E-state index contributed by atoms with van der Waals surface area (Å²) < 4.78 is 0. The predicted octanol–water partition coefficient (Wildman–Crippen LogP) is 1.24. The zero-order valence-electron chi connectivity index (χ0n) is 7.80. The number of hydrogen-bond acceptors (Lipinski definition) is 3. The lowest BCUT2D eigenvalue weighted by molar-refractivity contribution is -0.136. The Morgan fingerprint density at radius 2 is 2.36 bits per heavy atom. The number of nitrogens with zero attached hydrogens (tertiary/aromatic N) is 1. The Hall–Kier alpha value is -1.13. The van der Waals surface area contributed by atoms with E-state index >= 15 is 0 Å². The van der Waals surface area contributed by atoms with Gasteiger partial charge in [-0.05, 0) is 19.1 Å². The maximum atomic E-state index is 10.3. The second kappa shape index (κ2) is 6.34. The molecular formula is C9H13ClN2O2. The van der Waals surface area contributed by atoms with Crippen LogP contribution in [0.3, 0.4) is 0 Å². The van der Waals surface area contributed by atoms with Crippen molar-refractivity contribution in [1.82, 2.24) is 10.3 Å². The van der Waals surface area contributed by atoms with Crippen molar-refractivity contribution in [3.8, 4) is 0 Å². The summed E-state index contributed by atoms with van der Waals surface area (Å²) in [6, 6.07) is 5.53. The van der Waals surface area contributed by atoms with Crippen molar-refractivity contribution in [3.05, 3.63) is 30.1 Å². The van der Waals surface area contributed by atoms with Gasteiger partial charge in [-0.1, -0.05) is 6.07 Å². The Bertz CT molecular complexity index is 279. The van der Waals surface area contributed by atoms with Crippen LogP contribution < -0.4 is 5.32 Å². The number of aromatic nitrogens is 1. The third-order valence-electron chi connectivity index (χ3n) is 1.69. The molecule has 0 aliphatic heterocycles. The number of hydrogen-bond donors (Lipinski definition) is 2. The number of aliphatic carboxylic acids is 1. The minimum absolute atomic E-state index is 0. The summed E-state index contributed by atoms with van der Waals surface area (Å²) in [4.78, 5) is 14.4. The normalized spacial score (nSPS) is 11.5. The van der Waals surface area contributed by atoms with E-state index in [0.29, 0.717) is 0 Å². The second-order valence-electron chi connectivity index (χ2n) is 2.75. The molecule has 0 fully saturated rings. The molecule has 0 bridgehead atoms. The molecule has 0 spiro atoms. The Morgan fingerprint density at radius 3 is 2.86 bits per heavy atom. The highest BCUT2D eigenvalue weighted by atomic mass is 35.5. The van der Waals surface area contributed by atoms with Gasteiger partial charge in [0.15, 0.2) is 0 Å². The molecule has 0 saturated carbocycles. The molecular weight excluding hydrogens is 204 g/mol. The van der Waals surface area contributed by atoms with Crippen LogP contribution in [0, 0.1) is 0 Å². The topological polar surface area (TPSA) is 62.2 Å². The van der Waals surface area contributed by atoms with Crippen LogP contribution in [0.15, 0.2) is 24.4 Å². The van der Waals surface area contributed by atoms with E-state index in [1.807, 2.05) is 25.1 Å². The number of carboxylic acids is 1. The van der Waals surface area contributed by atoms with E-state index in [-0.39, 0.29) is 25.0 Å². The first kappa shape index (κ1) is 12.9. The van der Waals surface area contributed by atoms with Gasteiger partial charge in [-0.3, -0.25) is 15.1 Å². The van der Waals surface area contributed by atoms with Gasteiger partial charge >= 0.3 is 5.97 Å². The number of rotatable bonds is 4. The summed E-state index contributed by atoms with van der Waals surface area (Å²) in [5, 5.41) is 11.3. The van der Waals surface area contributed by atoms with E-state index in [2.05, 4.69) is 10.3 Å². The van der Waals surface area contributed by atoms with Crippen molar-refractivity contribution >= 4 is 18.4 Å². The largest absolute Gasteiger partial charge is 0.480 e. The molecule has 0 radical (unpaired) electrons. The molecule has 0 aliphatic rings. The molecule has 1 aromatic rings. The lowest BCUT2D eigenvalue weighted by Gasteiger charge is -2.10. The average Bonchev–Trinajstić information content (AvgIpc) is 2.15. The van der Waals surface area contributed by atoms with E-state index in [1.54, 1.807) is 6.20 Å². The Kier molecular flexibility index (Phi) is 5.83. The molecule has 5 heteroatoms. The summed E-state index contributed by atoms with van der Waals surface area (Å²) in [7, 11) is 0. The van der Waals surface area contributed by atoms with E-state index in [4.69, 9.17) is 5.11 Å². The van der Waals surface area contributed by atoms with E-state index in [9.17, 15) is 4.79 Å². The number of nitrogens with one attached hydrogen (secondary N) is 1. The van der Waals surface area contributed by atoms with Crippen LogP contribution >= 0.6 is 12.4 Å². The molecule has 2 N–H and O–H groups in total. The van der Waals surface area contributed by atoms with Crippen molar-refractivity contribution in [2.75, 3.05) is 6.54 Å². The molecule has 1 rings (SSSR count). The van der Waals surface area contributed by atoms with Crippen LogP contribution in [0.2, 0.25) is 0 Å². The third kappa shape index (κ3) is 4.20. The first-order valence-electron chi connectivity index (χ1n) is 4.06. The summed E-state index contributed by atoms with van der Waals surface area (Å²) in [6.45, 7) is 1.84. The van der Waals surface area contributed by atoms with E-state index in [0.717, 1.165) is 5.69 Å². The molecule has 4 nitrogen and oxygen atoms in total. The van der Waals surface area contributed by atoms with Crippen molar-refractivity contribution in [1.29, 1.82) is 0 Å². The van der Waals surface area contributed by atoms with Gasteiger partial charge in [0, 0.05) is 12.2 Å². The van der Waals surface area contributed by atoms with Gasteiger partial charge in [-0.25, -0.2) is 0 Å². The van der Waals surface area contributed by atoms with E-state index < -0.39 is 5.97 Å². The quantitative estimate of drug-likeness (QED) is 0.795. The molecule has 0 aromatic carbocycles. The Morgan fingerprint density at radius 1 is 1.64 bits per heavy atom. The smallest absolute Gasteiger partial charge is 0.317 e. The molecule has 0 saturated heterocycles. The maximum absolute atomic E-state index is 10.3. The zero-order valence-corrected chi connectivity index (χ0v) is 8.62. The van der Waals surface area contributed by atoms with Gasteiger partial charge in [0.25, 0.3) is 0 Å². The third-order valence-corrected chi connectivity index (χ3v) is 1.69. The number of carbonyl (C=O) groups is 1. The van der Waals surface area contributed by atoms with Crippen LogP contribution in [0.5, 0.6) is 0 Å². The van der Waals surface area contributed by atoms with Gasteiger partial charge in [0.2, 0.25) is 0 Å². The van der Waals surface area contributed by atoms with Crippen molar-refractivity contribution < 1.29 is 9.90 Å². The molecule has 1 heterocycles. The minimum atomic E-state index is -0.859. The fourth-order valence-electron chi connectivity index (χ4n) is 0.977. The molecule has 1 aromatic heterocycles. The van der Waals surface area contributed by atoms with Crippen LogP contribution in [-0.4, -0.2) is 22.6 Å². The van der Waals surface area contributed by atoms with Crippen LogP contribution in [-0.2, 0) is 4.79 Å². The molecule has 14 heavy (non-hydrogen) atoms. The predicted molar refractivity (Wildman–Crippen MR) is 55.5 cm³/mol. The summed E-state index contributed by atoms with van der Waals surface area (Å²) >= 11 is 0. The van der Waals surface area contributed by atoms with Gasteiger partial charge in [-0.15, -0.1) is 12.4 Å². The summed E-state index contributed by atoms with van der Waals surface area (Å²) in [5.41, 5.74) is 0.851. The zero-order chi connectivity index (χ0) is 9.68. The second-order valence-corrected chi connectivity index (χ2v) is 2.75. The first-order valence-corrected chi connectivity index (χ1v) is 4.06. The fraction of sp³-hybridized carbons (Fsp3) is 0.333. The van der Waals surface area contributed by atoms with Crippen LogP contribution in [0.1, 0.15) is 18.7 Å². The van der Waals surface area contributed by atoms with Gasteiger partial charge < -0.3 is 5.11 Å². The molecule has 78 valence electrons. The number of pyridine rings is 1. The lowest BCUT2D eigenvalue weighted by Crippen LogP contribution is -2.26. The summed E-state index contributed by atoms with van der Waals surface area (Å²) in [5.74, 6) is -0.859. The van der Waals surface area contributed by atoms with Crippen molar-refractivity contribution in [3.63, 3.8) is 0 Å². The van der Waals surface area contributed by atoms with E-state index in [1.165, 1.54) is 0 Å². The highest BCUT2D eigenvalue weighted by Gasteiger charge is 2.06. The van der Waals surface area contributed by atoms with Crippen LogP contribution in [0.4, 0.5) is 0 Å². The Labute approximate surface area is 88.8 Å². The van der Waals surface area contributed by atoms with Crippen molar-refractivity contribution in [2.24, 2.45) is 0 Å². The van der Waals surface area contributed by atoms with Gasteiger partial charge in [0.05, 0.1) is 12.2 Å². The first-order chi connectivity index (χ1) is 6.20. The lowest BCUT2D eigenvalue weighted by atomic mass is 10.2. The molecule has 1 atom stereocenters.